The Morgan fingerprint density at radius 1 is 1.21 bits per heavy atom. The molecule has 0 fully saturated rings. The largest absolute Gasteiger partial charge is 0.464 e. The van der Waals surface area contributed by atoms with Crippen molar-refractivity contribution in [2.75, 3.05) is 5.32 Å². The maximum Gasteiger partial charge on any atom is 0.311 e. The summed E-state index contributed by atoms with van der Waals surface area (Å²) in [6, 6.07) is 13.3. The van der Waals surface area contributed by atoms with E-state index in [1.54, 1.807) is 19.3 Å². The lowest BCUT2D eigenvalue weighted by Crippen LogP contribution is -2.30. The lowest BCUT2D eigenvalue weighted by Gasteiger charge is -2.12. The Bertz CT molecular complexity index is 1170. The highest BCUT2D eigenvalue weighted by molar-refractivity contribution is 6.08. The van der Waals surface area contributed by atoms with Gasteiger partial charge in [-0.25, -0.2) is 0 Å². The average molecular weight is 378 g/mol. The van der Waals surface area contributed by atoms with Gasteiger partial charge < -0.3 is 19.0 Å². The van der Waals surface area contributed by atoms with Crippen LogP contribution in [0.4, 0.5) is 5.82 Å². The fraction of sp³-hybridized carbons (Fsp3) is 0.190. The van der Waals surface area contributed by atoms with Crippen molar-refractivity contribution in [1.82, 2.24) is 5.16 Å². The van der Waals surface area contributed by atoms with Crippen LogP contribution in [0.15, 0.2) is 57.7 Å². The first-order chi connectivity index (χ1) is 13.5. The normalized spacial score (nSPS) is 12.2. The number of benzene rings is 2. The van der Waals surface area contributed by atoms with E-state index >= 15 is 0 Å². The summed E-state index contributed by atoms with van der Waals surface area (Å²) in [5, 5.41) is 9.16. The standard InChI is InChI=1S/C21H18N2O5/c1-12-9-18(23-28-12)22-21(25)13(2)27-19(24)10-15-11-26-17-8-7-14-5-3-4-6-16(14)20(15)17/h3-9,11,13H,10H2,1-2H3,(H,22,23,25)/t13-/m1/s1. The Morgan fingerprint density at radius 3 is 2.82 bits per heavy atom. The number of ether oxygens (including phenoxy) is 1. The van der Waals surface area contributed by atoms with Crippen LogP contribution in [-0.4, -0.2) is 23.1 Å². The third kappa shape index (κ3) is 3.46. The van der Waals surface area contributed by atoms with E-state index < -0.39 is 18.0 Å². The molecule has 0 saturated carbocycles. The summed E-state index contributed by atoms with van der Waals surface area (Å²) in [5.74, 6) is -0.157. The lowest BCUT2D eigenvalue weighted by atomic mass is 10.0. The summed E-state index contributed by atoms with van der Waals surface area (Å²) >= 11 is 0. The smallest absolute Gasteiger partial charge is 0.311 e. The predicted octanol–water partition coefficient (Wildman–Crippen LogP) is 4.00. The number of aromatic nitrogens is 1. The molecular formula is C21H18N2O5. The molecule has 2 heterocycles. The number of aryl methyl sites for hydroxylation is 1. The first kappa shape index (κ1) is 17.8. The number of esters is 1. The van der Waals surface area contributed by atoms with E-state index in [0.29, 0.717) is 11.3 Å². The molecule has 2 aromatic heterocycles. The Labute approximate surface area is 160 Å². The van der Waals surface area contributed by atoms with Crippen LogP contribution in [0.25, 0.3) is 21.7 Å². The third-order valence-electron chi connectivity index (χ3n) is 4.43. The summed E-state index contributed by atoms with van der Waals surface area (Å²) < 4.78 is 15.7. The minimum absolute atomic E-state index is 0.00168. The van der Waals surface area contributed by atoms with Gasteiger partial charge in [-0.2, -0.15) is 0 Å². The molecule has 4 aromatic rings. The van der Waals surface area contributed by atoms with E-state index in [9.17, 15) is 9.59 Å². The number of fused-ring (bicyclic) bond motifs is 3. The molecule has 142 valence electrons. The van der Waals surface area contributed by atoms with E-state index in [0.717, 1.165) is 21.7 Å². The Kier molecular flexibility index (Phi) is 4.57. The lowest BCUT2D eigenvalue weighted by molar-refractivity contribution is -0.152. The molecule has 1 N–H and O–H groups in total. The number of nitrogens with zero attached hydrogens (tertiary/aromatic N) is 1. The quantitative estimate of drug-likeness (QED) is 0.528. The molecule has 0 aliphatic rings. The Balaban J connectivity index is 1.48. The van der Waals surface area contributed by atoms with Gasteiger partial charge >= 0.3 is 5.97 Å². The van der Waals surface area contributed by atoms with Gasteiger partial charge in [-0.3, -0.25) is 9.59 Å². The summed E-state index contributed by atoms with van der Waals surface area (Å²) in [7, 11) is 0. The second kappa shape index (κ2) is 7.19. The van der Waals surface area contributed by atoms with E-state index in [1.807, 2.05) is 36.4 Å². The molecule has 0 spiro atoms. The zero-order valence-corrected chi connectivity index (χ0v) is 15.4. The van der Waals surface area contributed by atoms with Gasteiger partial charge in [0.2, 0.25) is 0 Å². The van der Waals surface area contributed by atoms with E-state index in [2.05, 4.69) is 10.5 Å². The van der Waals surface area contributed by atoms with E-state index in [1.165, 1.54) is 6.92 Å². The highest BCUT2D eigenvalue weighted by atomic mass is 16.5. The van der Waals surface area contributed by atoms with Crippen molar-refractivity contribution in [1.29, 1.82) is 0 Å². The second-order valence-electron chi connectivity index (χ2n) is 6.54. The number of rotatable bonds is 5. The number of nitrogens with one attached hydrogen (secondary N) is 1. The Morgan fingerprint density at radius 2 is 2.04 bits per heavy atom. The highest BCUT2D eigenvalue weighted by Gasteiger charge is 2.21. The van der Waals surface area contributed by atoms with Crippen LogP contribution < -0.4 is 5.32 Å². The molecule has 7 nitrogen and oxygen atoms in total. The fourth-order valence-electron chi connectivity index (χ4n) is 3.11. The molecular weight excluding hydrogens is 360 g/mol. The molecule has 4 rings (SSSR count). The molecule has 0 bridgehead atoms. The minimum Gasteiger partial charge on any atom is -0.464 e. The van der Waals surface area contributed by atoms with Crippen molar-refractivity contribution in [3.05, 3.63) is 60.1 Å². The van der Waals surface area contributed by atoms with Crippen molar-refractivity contribution >= 4 is 39.4 Å². The summed E-state index contributed by atoms with van der Waals surface area (Å²) in [5.41, 5.74) is 1.42. The van der Waals surface area contributed by atoms with Crippen LogP contribution in [0.3, 0.4) is 0 Å². The molecule has 2 aromatic carbocycles. The van der Waals surface area contributed by atoms with Crippen LogP contribution in [0.5, 0.6) is 0 Å². The first-order valence-corrected chi connectivity index (χ1v) is 8.83. The van der Waals surface area contributed by atoms with Crippen molar-refractivity contribution in [3.63, 3.8) is 0 Å². The van der Waals surface area contributed by atoms with Gasteiger partial charge in [0.1, 0.15) is 11.3 Å². The molecule has 0 aliphatic carbocycles. The van der Waals surface area contributed by atoms with Gasteiger partial charge in [0.15, 0.2) is 11.9 Å². The monoisotopic (exact) mass is 378 g/mol. The predicted molar refractivity (Wildman–Crippen MR) is 103 cm³/mol. The van der Waals surface area contributed by atoms with E-state index in [4.69, 9.17) is 13.7 Å². The van der Waals surface area contributed by atoms with Crippen LogP contribution >= 0.6 is 0 Å². The number of carbonyl (C=O) groups excluding carboxylic acids is 2. The van der Waals surface area contributed by atoms with Gasteiger partial charge in [-0.1, -0.05) is 35.5 Å². The number of anilines is 1. The second-order valence-corrected chi connectivity index (χ2v) is 6.54. The highest BCUT2D eigenvalue weighted by Crippen LogP contribution is 2.30. The van der Waals surface area contributed by atoms with Gasteiger partial charge in [-0.05, 0) is 30.7 Å². The maximum atomic E-state index is 12.4. The molecule has 7 heteroatoms. The summed E-state index contributed by atoms with van der Waals surface area (Å²) in [4.78, 5) is 24.5. The molecule has 28 heavy (non-hydrogen) atoms. The van der Waals surface area contributed by atoms with Crippen LogP contribution in [0.2, 0.25) is 0 Å². The van der Waals surface area contributed by atoms with Crippen molar-refractivity contribution in [2.24, 2.45) is 0 Å². The Hall–Kier alpha value is -3.61. The maximum absolute atomic E-state index is 12.4. The molecule has 1 amide bonds. The van der Waals surface area contributed by atoms with Gasteiger partial charge in [-0.15, -0.1) is 0 Å². The van der Waals surface area contributed by atoms with Gasteiger partial charge in [0, 0.05) is 17.0 Å². The molecule has 0 radical (unpaired) electrons. The minimum atomic E-state index is -0.973. The zero-order valence-electron chi connectivity index (χ0n) is 15.4. The summed E-state index contributed by atoms with van der Waals surface area (Å²) in [6.45, 7) is 3.22. The van der Waals surface area contributed by atoms with Crippen molar-refractivity contribution < 1.29 is 23.3 Å². The topological polar surface area (TPSA) is 94.6 Å². The van der Waals surface area contributed by atoms with Crippen LogP contribution in [0, 0.1) is 6.92 Å². The van der Waals surface area contributed by atoms with Crippen LogP contribution in [-0.2, 0) is 20.7 Å². The molecule has 1 atom stereocenters. The van der Waals surface area contributed by atoms with Crippen molar-refractivity contribution in [3.8, 4) is 0 Å². The van der Waals surface area contributed by atoms with Crippen LogP contribution in [0.1, 0.15) is 18.2 Å². The number of hydrogen-bond donors (Lipinski definition) is 1. The third-order valence-corrected chi connectivity index (χ3v) is 4.43. The average Bonchev–Trinajstić information content (AvgIpc) is 3.27. The number of furan rings is 1. The molecule has 0 saturated heterocycles. The zero-order chi connectivity index (χ0) is 19.7. The van der Waals surface area contributed by atoms with E-state index in [-0.39, 0.29) is 12.2 Å². The van der Waals surface area contributed by atoms with Gasteiger partial charge in [0.05, 0.1) is 12.7 Å². The summed E-state index contributed by atoms with van der Waals surface area (Å²) in [6.07, 6.45) is 0.586. The molecule has 0 aliphatic heterocycles. The van der Waals surface area contributed by atoms with Crippen molar-refractivity contribution in [2.45, 2.75) is 26.4 Å². The number of amides is 1. The fourth-order valence-corrected chi connectivity index (χ4v) is 3.11. The number of carbonyl (C=O) groups is 2. The van der Waals surface area contributed by atoms with Gasteiger partial charge in [0.25, 0.3) is 5.91 Å². The number of hydrogen-bond acceptors (Lipinski definition) is 6. The molecule has 0 unspecified atom stereocenters. The first-order valence-electron chi connectivity index (χ1n) is 8.83. The SMILES string of the molecule is Cc1cc(NC(=O)[C@@H](C)OC(=O)Cc2coc3ccc4ccccc4c23)no1.